The molecule has 3 heteroatoms. The normalized spacial score (nSPS) is 18.8. The Balaban J connectivity index is 2.08. The van der Waals surface area contributed by atoms with Crippen molar-refractivity contribution >= 4 is 5.69 Å². The molecule has 1 aliphatic carbocycles. The standard InChI is InChI=1S/C9H12N2O/c1-9(4-5-9)12-8-3-2-7(10)6-11-8/h2-3,6H,4-5,10H2,1H3. The van der Waals surface area contributed by atoms with Crippen molar-refractivity contribution in [2.45, 2.75) is 25.4 Å². The summed E-state index contributed by atoms with van der Waals surface area (Å²) in [4.78, 5) is 4.06. The fraction of sp³-hybridized carbons (Fsp3) is 0.444. The number of pyridine rings is 1. The summed E-state index contributed by atoms with van der Waals surface area (Å²) in [6.07, 6.45) is 3.86. The number of hydrogen-bond donors (Lipinski definition) is 1. The summed E-state index contributed by atoms with van der Waals surface area (Å²) in [5.41, 5.74) is 6.20. The largest absolute Gasteiger partial charge is 0.471 e. The third-order valence-electron chi connectivity index (χ3n) is 2.06. The molecule has 0 aromatic carbocycles. The van der Waals surface area contributed by atoms with Gasteiger partial charge >= 0.3 is 0 Å². The van der Waals surface area contributed by atoms with Gasteiger partial charge in [-0.15, -0.1) is 0 Å². The lowest BCUT2D eigenvalue weighted by molar-refractivity contribution is 0.192. The van der Waals surface area contributed by atoms with Crippen molar-refractivity contribution < 1.29 is 4.74 Å². The van der Waals surface area contributed by atoms with E-state index in [9.17, 15) is 0 Å². The van der Waals surface area contributed by atoms with Crippen LogP contribution in [0.2, 0.25) is 0 Å². The van der Waals surface area contributed by atoms with E-state index in [2.05, 4.69) is 11.9 Å². The molecular weight excluding hydrogens is 152 g/mol. The van der Waals surface area contributed by atoms with E-state index in [4.69, 9.17) is 10.5 Å². The first-order valence-corrected chi connectivity index (χ1v) is 4.09. The molecule has 3 nitrogen and oxygen atoms in total. The summed E-state index contributed by atoms with van der Waals surface area (Å²) in [6.45, 7) is 2.09. The van der Waals surface area contributed by atoms with E-state index in [0.717, 1.165) is 12.8 Å². The van der Waals surface area contributed by atoms with Crippen molar-refractivity contribution in [1.29, 1.82) is 0 Å². The highest BCUT2D eigenvalue weighted by molar-refractivity contribution is 5.36. The second kappa shape index (κ2) is 2.37. The molecule has 2 N–H and O–H groups in total. The minimum atomic E-state index is 0.0448. The molecule has 0 spiro atoms. The zero-order valence-corrected chi connectivity index (χ0v) is 7.08. The van der Waals surface area contributed by atoms with Crippen LogP contribution in [-0.2, 0) is 0 Å². The van der Waals surface area contributed by atoms with E-state index in [1.54, 1.807) is 18.3 Å². The van der Waals surface area contributed by atoms with Crippen molar-refractivity contribution in [3.8, 4) is 5.88 Å². The van der Waals surface area contributed by atoms with Crippen molar-refractivity contribution in [2.75, 3.05) is 5.73 Å². The molecule has 0 radical (unpaired) electrons. The summed E-state index contributed by atoms with van der Waals surface area (Å²) in [6, 6.07) is 3.60. The van der Waals surface area contributed by atoms with Crippen LogP contribution in [0.1, 0.15) is 19.8 Å². The van der Waals surface area contributed by atoms with Gasteiger partial charge in [0.15, 0.2) is 0 Å². The van der Waals surface area contributed by atoms with Crippen LogP contribution < -0.4 is 10.5 Å². The molecule has 0 atom stereocenters. The molecule has 12 heavy (non-hydrogen) atoms. The van der Waals surface area contributed by atoms with Crippen molar-refractivity contribution in [2.24, 2.45) is 0 Å². The summed E-state index contributed by atoms with van der Waals surface area (Å²) >= 11 is 0. The molecule has 64 valence electrons. The van der Waals surface area contributed by atoms with E-state index in [1.807, 2.05) is 0 Å². The van der Waals surface area contributed by atoms with Crippen molar-refractivity contribution in [3.63, 3.8) is 0 Å². The summed E-state index contributed by atoms with van der Waals surface area (Å²) in [5.74, 6) is 0.671. The number of ether oxygens (including phenoxy) is 1. The lowest BCUT2D eigenvalue weighted by atomic mass is 10.4. The maximum absolute atomic E-state index is 5.60. The van der Waals surface area contributed by atoms with Gasteiger partial charge in [-0.3, -0.25) is 0 Å². The molecular formula is C9H12N2O. The van der Waals surface area contributed by atoms with Gasteiger partial charge in [0.05, 0.1) is 11.9 Å². The Bertz CT molecular complexity index is 277. The maximum atomic E-state index is 5.60. The Hall–Kier alpha value is -1.25. The van der Waals surface area contributed by atoms with Gasteiger partial charge in [0.1, 0.15) is 5.60 Å². The van der Waals surface area contributed by atoms with E-state index < -0.39 is 0 Å². The van der Waals surface area contributed by atoms with Gasteiger partial charge in [-0.2, -0.15) is 0 Å². The molecule has 1 aliphatic rings. The smallest absolute Gasteiger partial charge is 0.213 e. The topological polar surface area (TPSA) is 48.1 Å². The molecule has 2 rings (SSSR count). The highest BCUT2D eigenvalue weighted by atomic mass is 16.5. The first-order valence-electron chi connectivity index (χ1n) is 4.09. The Morgan fingerprint density at radius 3 is 2.75 bits per heavy atom. The number of aromatic nitrogens is 1. The molecule has 0 bridgehead atoms. The van der Waals surface area contributed by atoms with Gasteiger partial charge in [-0.1, -0.05) is 0 Å². The predicted molar refractivity (Wildman–Crippen MR) is 46.9 cm³/mol. The number of anilines is 1. The average Bonchev–Trinajstić information content (AvgIpc) is 2.74. The number of nitrogen functional groups attached to an aromatic ring is 1. The minimum Gasteiger partial charge on any atom is -0.471 e. The fourth-order valence-corrected chi connectivity index (χ4v) is 0.983. The average molecular weight is 164 g/mol. The van der Waals surface area contributed by atoms with Crippen LogP contribution in [0.5, 0.6) is 5.88 Å². The quantitative estimate of drug-likeness (QED) is 0.722. The number of nitrogens with two attached hydrogens (primary N) is 1. The molecule has 1 aromatic rings. The van der Waals surface area contributed by atoms with Gasteiger partial charge in [-0.05, 0) is 25.8 Å². The lowest BCUT2D eigenvalue weighted by Gasteiger charge is -2.10. The maximum Gasteiger partial charge on any atom is 0.213 e. The molecule has 1 heterocycles. The summed E-state index contributed by atoms with van der Waals surface area (Å²) in [7, 11) is 0. The van der Waals surface area contributed by atoms with E-state index >= 15 is 0 Å². The van der Waals surface area contributed by atoms with Crippen molar-refractivity contribution in [3.05, 3.63) is 18.3 Å². The first-order chi connectivity index (χ1) is 5.68. The van der Waals surface area contributed by atoms with Crippen LogP contribution in [0.3, 0.4) is 0 Å². The van der Waals surface area contributed by atoms with Crippen LogP contribution in [0.4, 0.5) is 5.69 Å². The lowest BCUT2D eigenvalue weighted by Crippen LogP contribution is -2.12. The molecule has 1 aromatic heterocycles. The molecule has 0 saturated heterocycles. The van der Waals surface area contributed by atoms with Gasteiger partial charge < -0.3 is 10.5 Å². The van der Waals surface area contributed by atoms with Crippen LogP contribution in [0.25, 0.3) is 0 Å². The summed E-state index contributed by atoms with van der Waals surface area (Å²) < 4.78 is 5.60. The second-order valence-electron chi connectivity index (χ2n) is 3.48. The number of nitrogens with zero attached hydrogens (tertiary/aromatic N) is 1. The van der Waals surface area contributed by atoms with Crippen molar-refractivity contribution in [1.82, 2.24) is 4.98 Å². The fourth-order valence-electron chi connectivity index (χ4n) is 0.983. The second-order valence-corrected chi connectivity index (χ2v) is 3.48. The Morgan fingerprint density at radius 1 is 1.50 bits per heavy atom. The van der Waals surface area contributed by atoms with Gasteiger partial charge in [-0.25, -0.2) is 4.98 Å². The highest BCUT2D eigenvalue weighted by Gasteiger charge is 2.40. The van der Waals surface area contributed by atoms with Crippen LogP contribution in [0.15, 0.2) is 18.3 Å². The third kappa shape index (κ3) is 1.49. The Kier molecular flexibility index (Phi) is 1.46. The van der Waals surface area contributed by atoms with E-state index in [0.29, 0.717) is 11.6 Å². The van der Waals surface area contributed by atoms with E-state index in [1.165, 1.54) is 0 Å². The molecule has 1 fully saturated rings. The zero-order chi connectivity index (χ0) is 8.60. The molecule has 1 saturated carbocycles. The SMILES string of the molecule is CC1(Oc2ccc(N)cn2)CC1. The van der Waals surface area contributed by atoms with Crippen LogP contribution >= 0.6 is 0 Å². The minimum absolute atomic E-state index is 0.0448. The predicted octanol–water partition coefficient (Wildman–Crippen LogP) is 1.60. The molecule has 0 unspecified atom stereocenters. The van der Waals surface area contributed by atoms with E-state index in [-0.39, 0.29) is 5.60 Å². The summed E-state index contributed by atoms with van der Waals surface area (Å²) in [5, 5.41) is 0. The van der Waals surface area contributed by atoms with Crippen LogP contribution in [0, 0.1) is 0 Å². The number of rotatable bonds is 2. The van der Waals surface area contributed by atoms with Gasteiger partial charge in [0.2, 0.25) is 5.88 Å². The zero-order valence-electron chi connectivity index (χ0n) is 7.08. The van der Waals surface area contributed by atoms with Gasteiger partial charge in [0.25, 0.3) is 0 Å². The number of hydrogen-bond acceptors (Lipinski definition) is 3. The Labute approximate surface area is 71.6 Å². The molecule has 0 amide bonds. The molecule has 0 aliphatic heterocycles. The monoisotopic (exact) mass is 164 g/mol. The Morgan fingerprint density at radius 2 is 2.25 bits per heavy atom. The first kappa shape index (κ1) is 7.40. The third-order valence-corrected chi connectivity index (χ3v) is 2.06. The van der Waals surface area contributed by atoms with Gasteiger partial charge in [0, 0.05) is 6.07 Å². The highest BCUT2D eigenvalue weighted by Crippen LogP contribution is 2.38. The van der Waals surface area contributed by atoms with Crippen LogP contribution in [-0.4, -0.2) is 10.6 Å².